The van der Waals surface area contributed by atoms with Gasteiger partial charge in [-0.15, -0.1) is 11.8 Å². The molecule has 5 heteroatoms. The van der Waals surface area contributed by atoms with Gasteiger partial charge >= 0.3 is 5.97 Å². The summed E-state index contributed by atoms with van der Waals surface area (Å²) in [4.78, 5) is 25.5. The Labute approximate surface area is 162 Å². The molecule has 3 aromatic carbocycles. The van der Waals surface area contributed by atoms with Gasteiger partial charge in [0.2, 0.25) is 5.91 Å². The van der Waals surface area contributed by atoms with Crippen molar-refractivity contribution in [1.29, 1.82) is 0 Å². The minimum Gasteiger partial charge on any atom is -0.465 e. The summed E-state index contributed by atoms with van der Waals surface area (Å²) in [5.41, 5.74) is 1.99. The minimum atomic E-state index is -0.408. The van der Waals surface area contributed by atoms with Crippen LogP contribution in [0.2, 0.25) is 0 Å². The van der Waals surface area contributed by atoms with Gasteiger partial charge < -0.3 is 10.1 Å². The monoisotopic (exact) mass is 377 g/mol. The molecule has 136 valence electrons. The van der Waals surface area contributed by atoms with Crippen LogP contribution in [0, 0.1) is 0 Å². The van der Waals surface area contributed by atoms with Crippen molar-refractivity contribution in [2.45, 2.75) is 10.1 Å². The number of nitrogens with one attached hydrogen (secondary N) is 1. The van der Waals surface area contributed by atoms with Crippen LogP contribution in [-0.2, 0) is 9.53 Å². The Hall–Kier alpha value is -3.05. The van der Waals surface area contributed by atoms with E-state index in [0.29, 0.717) is 11.3 Å². The molecule has 1 amide bonds. The fourth-order valence-electron chi connectivity index (χ4n) is 2.55. The third kappa shape index (κ3) is 4.99. The standard InChI is InChI=1S/C22H19NO3S/c1-26-22(25)17-12-14-18(15-13-17)23-21(24)20(16-8-4-2-5-9-16)27-19-10-6-3-7-11-19/h2-15,20H,1H3,(H,23,24). The van der Waals surface area contributed by atoms with Gasteiger partial charge in [0.25, 0.3) is 0 Å². The van der Waals surface area contributed by atoms with E-state index in [9.17, 15) is 9.59 Å². The van der Waals surface area contributed by atoms with E-state index in [1.165, 1.54) is 18.9 Å². The molecule has 3 rings (SSSR count). The lowest BCUT2D eigenvalue weighted by molar-refractivity contribution is -0.115. The van der Waals surface area contributed by atoms with Gasteiger partial charge in [0.05, 0.1) is 12.7 Å². The summed E-state index contributed by atoms with van der Waals surface area (Å²) < 4.78 is 4.69. The average molecular weight is 377 g/mol. The van der Waals surface area contributed by atoms with E-state index in [1.807, 2.05) is 60.7 Å². The molecule has 1 atom stereocenters. The number of hydrogen-bond acceptors (Lipinski definition) is 4. The van der Waals surface area contributed by atoms with E-state index in [0.717, 1.165) is 10.5 Å². The lowest BCUT2D eigenvalue weighted by atomic mass is 10.1. The van der Waals surface area contributed by atoms with Gasteiger partial charge in [-0.05, 0) is 42.0 Å². The lowest BCUT2D eigenvalue weighted by Gasteiger charge is -2.17. The van der Waals surface area contributed by atoms with Crippen LogP contribution in [0.4, 0.5) is 5.69 Å². The molecule has 4 nitrogen and oxygen atoms in total. The summed E-state index contributed by atoms with van der Waals surface area (Å²) in [5.74, 6) is -0.532. The Morgan fingerprint density at radius 1 is 0.852 bits per heavy atom. The fourth-order valence-corrected chi connectivity index (χ4v) is 3.60. The smallest absolute Gasteiger partial charge is 0.337 e. The Bertz CT molecular complexity index is 896. The molecule has 1 N–H and O–H groups in total. The van der Waals surface area contributed by atoms with Crippen molar-refractivity contribution in [2.75, 3.05) is 12.4 Å². The van der Waals surface area contributed by atoms with Gasteiger partial charge in [0.1, 0.15) is 5.25 Å². The summed E-state index contributed by atoms with van der Waals surface area (Å²) in [7, 11) is 1.34. The van der Waals surface area contributed by atoms with Gasteiger partial charge in [-0.25, -0.2) is 4.79 Å². The molecule has 0 saturated heterocycles. The second-order valence-corrected chi connectivity index (χ2v) is 6.96. The molecule has 0 aliphatic heterocycles. The number of esters is 1. The normalized spacial score (nSPS) is 11.4. The molecule has 0 aromatic heterocycles. The summed E-state index contributed by atoms with van der Waals surface area (Å²) in [6.45, 7) is 0. The zero-order valence-corrected chi connectivity index (χ0v) is 15.6. The van der Waals surface area contributed by atoms with E-state index in [4.69, 9.17) is 4.74 Å². The molecule has 0 heterocycles. The minimum absolute atomic E-state index is 0.124. The van der Waals surface area contributed by atoms with Crippen molar-refractivity contribution in [1.82, 2.24) is 0 Å². The van der Waals surface area contributed by atoms with Crippen LogP contribution in [0.25, 0.3) is 0 Å². The first-order chi connectivity index (χ1) is 13.2. The third-order valence-corrected chi connectivity index (χ3v) is 5.18. The van der Waals surface area contributed by atoms with Crippen molar-refractivity contribution < 1.29 is 14.3 Å². The predicted octanol–water partition coefficient (Wildman–Crippen LogP) is 4.95. The first kappa shape index (κ1) is 18.7. The van der Waals surface area contributed by atoms with Crippen LogP contribution in [0.1, 0.15) is 21.2 Å². The van der Waals surface area contributed by atoms with E-state index in [2.05, 4.69) is 5.32 Å². The molecule has 0 saturated carbocycles. The van der Waals surface area contributed by atoms with Gasteiger partial charge in [-0.1, -0.05) is 48.5 Å². The van der Waals surface area contributed by atoms with Crippen LogP contribution in [0.15, 0.2) is 89.8 Å². The summed E-state index contributed by atoms with van der Waals surface area (Å²) >= 11 is 1.49. The van der Waals surface area contributed by atoms with Gasteiger partial charge in [-0.2, -0.15) is 0 Å². The van der Waals surface area contributed by atoms with Crippen LogP contribution < -0.4 is 5.32 Å². The molecule has 3 aromatic rings. The van der Waals surface area contributed by atoms with E-state index in [1.54, 1.807) is 24.3 Å². The van der Waals surface area contributed by atoms with Crippen molar-refractivity contribution in [2.24, 2.45) is 0 Å². The number of carbonyl (C=O) groups excluding carboxylic acids is 2. The highest BCUT2D eigenvalue weighted by atomic mass is 32.2. The highest BCUT2D eigenvalue weighted by Crippen LogP contribution is 2.36. The van der Waals surface area contributed by atoms with E-state index >= 15 is 0 Å². The van der Waals surface area contributed by atoms with Crippen molar-refractivity contribution in [3.05, 3.63) is 96.1 Å². The molecule has 0 radical (unpaired) electrons. The maximum atomic E-state index is 13.0. The lowest BCUT2D eigenvalue weighted by Crippen LogP contribution is -2.19. The Morgan fingerprint density at radius 3 is 2.04 bits per heavy atom. The number of anilines is 1. The summed E-state index contributed by atoms with van der Waals surface area (Å²) in [6.07, 6.45) is 0. The largest absolute Gasteiger partial charge is 0.465 e. The second kappa shape index (κ2) is 9.05. The first-order valence-corrected chi connectivity index (χ1v) is 9.31. The average Bonchev–Trinajstić information content (AvgIpc) is 2.73. The summed E-state index contributed by atoms with van der Waals surface area (Å²) in [6, 6.07) is 26.1. The van der Waals surface area contributed by atoms with Crippen LogP contribution in [-0.4, -0.2) is 19.0 Å². The van der Waals surface area contributed by atoms with Crippen molar-refractivity contribution in [3.63, 3.8) is 0 Å². The third-order valence-electron chi connectivity index (χ3n) is 3.91. The van der Waals surface area contributed by atoms with Gasteiger partial charge in [0, 0.05) is 10.6 Å². The topological polar surface area (TPSA) is 55.4 Å². The van der Waals surface area contributed by atoms with Gasteiger partial charge in [0.15, 0.2) is 0 Å². The molecule has 0 spiro atoms. The number of amides is 1. The Kier molecular flexibility index (Phi) is 6.28. The molecule has 0 bridgehead atoms. The number of benzene rings is 3. The highest BCUT2D eigenvalue weighted by molar-refractivity contribution is 8.00. The molecule has 27 heavy (non-hydrogen) atoms. The Morgan fingerprint density at radius 2 is 1.44 bits per heavy atom. The molecule has 0 aliphatic carbocycles. The van der Waals surface area contributed by atoms with Crippen LogP contribution >= 0.6 is 11.8 Å². The highest BCUT2D eigenvalue weighted by Gasteiger charge is 2.22. The maximum Gasteiger partial charge on any atom is 0.337 e. The number of thioether (sulfide) groups is 1. The second-order valence-electron chi connectivity index (χ2n) is 5.78. The number of rotatable bonds is 6. The number of methoxy groups -OCH3 is 1. The van der Waals surface area contributed by atoms with Crippen LogP contribution in [0.5, 0.6) is 0 Å². The molecular weight excluding hydrogens is 358 g/mol. The predicted molar refractivity (Wildman–Crippen MR) is 108 cm³/mol. The molecular formula is C22H19NO3S. The van der Waals surface area contributed by atoms with Crippen molar-refractivity contribution in [3.8, 4) is 0 Å². The van der Waals surface area contributed by atoms with Crippen LogP contribution in [0.3, 0.4) is 0 Å². The molecule has 0 fully saturated rings. The SMILES string of the molecule is COC(=O)c1ccc(NC(=O)C(Sc2ccccc2)c2ccccc2)cc1. The van der Waals surface area contributed by atoms with Gasteiger partial charge in [-0.3, -0.25) is 4.79 Å². The zero-order chi connectivity index (χ0) is 19.1. The Balaban J connectivity index is 1.79. The van der Waals surface area contributed by atoms with E-state index < -0.39 is 11.2 Å². The number of hydrogen-bond donors (Lipinski definition) is 1. The fraction of sp³-hybridized carbons (Fsp3) is 0.0909. The van der Waals surface area contributed by atoms with Crippen molar-refractivity contribution >= 4 is 29.3 Å². The maximum absolute atomic E-state index is 13.0. The molecule has 0 aliphatic rings. The first-order valence-electron chi connectivity index (χ1n) is 8.43. The molecule has 1 unspecified atom stereocenters. The summed E-state index contributed by atoms with van der Waals surface area (Å²) in [5, 5.41) is 2.54. The number of carbonyl (C=O) groups is 2. The van der Waals surface area contributed by atoms with E-state index in [-0.39, 0.29) is 5.91 Å². The zero-order valence-electron chi connectivity index (χ0n) is 14.8. The quantitative estimate of drug-likeness (QED) is 0.488. The number of ether oxygens (including phenoxy) is 1.